The normalized spacial score (nSPS) is 13.1. The molecule has 0 spiro atoms. The highest BCUT2D eigenvalue weighted by molar-refractivity contribution is 5.93. The number of aliphatic imine (C=N–C) groups is 1. The standard InChI is InChI=1S/C18H29N9O7/c19-10(5-14(29)30)15(31)24-7-13(28)26-12(4-9-6-22-8-25-9)16(32)27-11(17(33)34)2-1-3-23-18(20)21/h6,8,10-12H,1-5,7,19H2,(H,22,25)(H,24,31)(H,26,28)(H,27,32)(H,29,30)(H,33,34)(H4,20,21,23). The van der Waals surface area contributed by atoms with Crippen LogP contribution < -0.4 is 33.2 Å². The molecule has 3 amide bonds. The molecule has 188 valence electrons. The van der Waals surface area contributed by atoms with Crippen molar-refractivity contribution in [2.45, 2.75) is 43.8 Å². The van der Waals surface area contributed by atoms with Crippen LogP contribution >= 0.6 is 0 Å². The number of nitrogens with two attached hydrogens (primary N) is 3. The molecule has 0 aliphatic rings. The zero-order valence-electron chi connectivity index (χ0n) is 18.2. The summed E-state index contributed by atoms with van der Waals surface area (Å²) in [4.78, 5) is 69.3. The van der Waals surface area contributed by atoms with Gasteiger partial charge in [0, 0.05) is 24.9 Å². The van der Waals surface area contributed by atoms with Gasteiger partial charge < -0.3 is 48.3 Å². The van der Waals surface area contributed by atoms with Crippen LogP contribution in [-0.4, -0.2) is 87.0 Å². The highest BCUT2D eigenvalue weighted by Crippen LogP contribution is 2.03. The lowest BCUT2D eigenvalue weighted by Gasteiger charge is -2.21. The summed E-state index contributed by atoms with van der Waals surface area (Å²) >= 11 is 0. The van der Waals surface area contributed by atoms with Crippen LogP contribution in [0.1, 0.15) is 25.0 Å². The van der Waals surface area contributed by atoms with Gasteiger partial charge in [-0.3, -0.25) is 24.2 Å². The lowest BCUT2D eigenvalue weighted by atomic mass is 10.1. The van der Waals surface area contributed by atoms with Crippen molar-refractivity contribution in [3.63, 3.8) is 0 Å². The molecule has 0 aromatic carbocycles. The van der Waals surface area contributed by atoms with Crippen molar-refractivity contribution < 1.29 is 34.2 Å². The number of amides is 3. The first-order valence-electron chi connectivity index (χ1n) is 10.1. The van der Waals surface area contributed by atoms with Crippen LogP contribution in [0, 0.1) is 0 Å². The van der Waals surface area contributed by atoms with Crippen molar-refractivity contribution in [2.75, 3.05) is 13.1 Å². The van der Waals surface area contributed by atoms with Crippen molar-refractivity contribution in [3.8, 4) is 0 Å². The number of nitrogens with one attached hydrogen (secondary N) is 4. The Hall–Kier alpha value is -4.21. The maximum Gasteiger partial charge on any atom is 0.326 e. The molecular formula is C18H29N9O7. The highest BCUT2D eigenvalue weighted by atomic mass is 16.4. The second-order valence-corrected chi connectivity index (χ2v) is 7.17. The molecule has 0 radical (unpaired) electrons. The van der Waals surface area contributed by atoms with Crippen molar-refractivity contribution in [1.29, 1.82) is 0 Å². The first kappa shape index (κ1) is 27.8. The quantitative estimate of drug-likeness (QED) is 0.0657. The molecule has 3 unspecified atom stereocenters. The average Bonchev–Trinajstić information content (AvgIpc) is 3.25. The fourth-order valence-corrected chi connectivity index (χ4v) is 2.68. The number of aromatic nitrogens is 2. The minimum atomic E-state index is -1.36. The lowest BCUT2D eigenvalue weighted by Crippen LogP contribution is -2.54. The molecule has 12 N–H and O–H groups in total. The minimum Gasteiger partial charge on any atom is -0.481 e. The van der Waals surface area contributed by atoms with Gasteiger partial charge >= 0.3 is 11.9 Å². The Bertz CT molecular complexity index is 884. The fraction of sp³-hybridized carbons (Fsp3) is 0.500. The topological polar surface area (TPSA) is 281 Å². The molecule has 1 aromatic heterocycles. The number of nitrogens with zero attached hydrogens (tertiary/aromatic N) is 2. The number of H-pyrrole nitrogens is 1. The zero-order chi connectivity index (χ0) is 25.7. The van der Waals surface area contributed by atoms with E-state index in [0.717, 1.165) is 0 Å². The van der Waals surface area contributed by atoms with Gasteiger partial charge in [0.15, 0.2) is 5.96 Å². The number of carbonyl (C=O) groups is 5. The summed E-state index contributed by atoms with van der Waals surface area (Å²) in [7, 11) is 0. The Morgan fingerprint density at radius 1 is 1.09 bits per heavy atom. The molecule has 1 rings (SSSR count). The third-order valence-corrected chi connectivity index (χ3v) is 4.34. The van der Waals surface area contributed by atoms with E-state index in [0.29, 0.717) is 5.69 Å². The minimum absolute atomic E-state index is 0.0279. The van der Waals surface area contributed by atoms with Gasteiger partial charge in [-0.15, -0.1) is 0 Å². The number of aliphatic carboxylic acids is 2. The first-order valence-corrected chi connectivity index (χ1v) is 10.1. The predicted molar refractivity (Wildman–Crippen MR) is 117 cm³/mol. The maximum absolute atomic E-state index is 12.8. The predicted octanol–water partition coefficient (Wildman–Crippen LogP) is -4.02. The summed E-state index contributed by atoms with van der Waals surface area (Å²) in [5.74, 6) is -5.15. The summed E-state index contributed by atoms with van der Waals surface area (Å²) in [5.41, 5.74) is 16.3. The van der Waals surface area contributed by atoms with E-state index in [1.54, 1.807) is 0 Å². The second kappa shape index (κ2) is 14.0. The molecule has 16 heteroatoms. The van der Waals surface area contributed by atoms with E-state index < -0.39 is 60.8 Å². The van der Waals surface area contributed by atoms with Crippen LogP contribution in [0.2, 0.25) is 0 Å². The average molecular weight is 483 g/mol. The Morgan fingerprint density at radius 3 is 2.35 bits per heavy atom. The Labute approximate surface area is 193 Å². The number of carbonyl (C=O) groups excluding carboxylic acids is 3. The van der Waals surface area contributed by atoms with E-state index >= 15 is 0 Å². The Morgan fingerprint density at radius 2 is 1.79 bits per heavy atom. The molecular weight excluding hydrogens is 454 g/mol. The molecule has 0 bridgehead atoms. The van der Waals surface area contributed by atoms with E-state index in [4.69, 9.17) is 22.3 Å². The van der Waals surface area contributed by atoms with E-state index in [9.17, 15) is 29.1 Å². The number of hydrogen-bond acceptors (Lipinski definition) is 8. The number of aromatic amines is 1. The third-order valence-electron chi connectivity index (χ3n) is 4.34. The molecule has 0 saturated carbocycles. The molecule has 1 heterocycles. The summed E-state index contributed by atoms with van der Waals surface area (Å²) in [6.07, 6.45) is 2.40. The maximum atomic E-state index is 12.8. The van der Waals surface area contributed by atoms with Crippen molar-refractivity contribution in [2.24, 2.45) is 22.2 Å². The van der Waals surface area contributed by atoms with Crippen molar-refractivity contribution >= 4 is 35.6 Å². The molecule has 0 aliphatic heterocycles. The number of carboxylic acids is 2. The molecule has 0 aliphatic carbocycles. The van der Waals surface area contributed by atoms with Crippen molar-refractivity contribution in [1.82, 2.24) is 25.9 Å². The molecule has 0 saturated heterocycles. The largest absolute Gasteiger partial charge is 0.481 e. The third kappa shape index (κ3) is 10.9. The van der Waals surface area contributed by atoms with Gasteiger partial charge in [0.25, 0.3) is 0 Å². The Kier molecular flexibility index (Phi) is 11.5. The molecule has 1 aromatic rings. The smallest absolute Gasteiger partial charge is 0.326 e. The second-order valence-electron chi connectivity index (χ2n) is 7.17. The molecule has 34 heavy (non-hydrogen) atoms. The van der Waals surface area contributed by atoms with Gasteiger partial charge in [-0.2, -0.15) is 0 Å². The van der Waals surface area contributed by atoms with Crippen LogP contribution in [0.5, 0.6) is 0 Å². The molecule has 0 fully saturated rings. The van der Waals surface area contributed by atoms with Gasteiger partial charge in [0.1, 0.15) is 12.1 Å². The van der Waals surface area contributed by atoms with Gasteiger partial charge in [-0.05, 0) is 12.8 Å². The molecule has 16 nitrogen and oxygen atoms in total. The fourth-order valence-electron chi connectivity index (χ4n) is 2.68. The van der Waals surface area contributed by atoms with E-state index in [1.165, 1.54) is 12.5 Å². The summed E-state index contributed by atoms with van der Waals surface area (Å²) in [5, 5.41) is 25.0. The van der Waals surface area contributed by atoms with Crippen LogP contribution in [0.15, 0.2) is 17.5 Å². The van der Waals surface area contributed by atoms with E-state index in [-0.39, 0.29) is 31.8 Å². The summed E-state index contributed by atoms with van der Waals surface area (Å²) in [6, 6.07) is -3.83. The lowest BCUT2D eigenvalue weighted by molar-refractivity contribution is -0.142. The van der Waals surface area contributed by atoms with E-state index in [2.05, 4.69) is 30.9 Å². The van der Waals surface area contributed by atoms with Crippen LogP contribution in [-0.2, 0) is 30.4 Å². The number of imidazole rings is 1. The van der Waals surface area contributed by atoms with Gasteiger partial charge in [-0.1, -0.05) is 0 Å². The number of hydrogen-bond donors (Lipinski definition) is 9. The zero-order valence-corrected chi connectivity index (χ0v) is 18.2. The number of rotatable bonds is 15. The van der Waals surface area contributed by atoms with Crippen LogP contribution in [0.25, 0.3) is 0 Å². The van der Waals surface area contributed by atoms with Crippen molar-refractivity contribution in [3.05, 3.63) is 18.2 Å². The van der Waals surface area contributed by atoms with Gasteiger partial charge in [0.05, 0.1) is 25.3 Å². The summed E-state index contributed by atoms with van der Waals surface area (Å²) in [6.45, 7) is -0.417. The molecule has 3 atom stereocenters. The van der Waals surface area contributed by atoms with Crippen LogP contribution in [0.4, 0.5) is 0 Å². The number of carboxylic acid groups (broad SMARTS) is 2. The first-order chi connectivity index (χ1) is 16.0. The van der Waals surface area contributed by atoms with Crippen LogP contribution in [0.3, 0.4) is 0 Å². The van der Waals surface area contributed by atoms with E-state index in [1.807, 2.05) is 0 Å². The highest BCUT2D eigenvalue weighted by Gasteiger charge is 2.27. The SMILES string of the molecule is NC(N)=NCCCC(NC(=O)C(Cc1cnc[nH]1)NC(=O)CNC(=O)C(N)CC(=O)O)C(=O)O. The Balaban J connectivity index is 2.76. The van der Waals surface area contributed by atoms with Gasteiger partial charge in [0.2, 0.25) is 17.7 Å². The van der Waals surface area contributed by atoms with Gasteiger partial charge in [-0.25, -0.2) is 9.78 Å². The monoisotopic (exact) mass is 483 g/mol. The summed E-state index contributed by atoms with van der Waals surface area (Å²) < 4.78 is 0. The number of guanidine groups is 1.